The lowest BCUT2D eigenvalue weighted by Crippen LogP contribution is -2.39. The summed E-state index contributed by atoms with van der Waals surface area (Å²) in [4.78, 5) is 0. The molecule has 1 aliphatic rings. The second kappa shape index (κ2) is 8.32. The molecule has 120 valence electrons. The largest absolute Gasteiger partial charge is 0.381 e. The van der Waals surface area contributed by atoms with Crippen LogP contribution in [0.1, 0.15) is 52.4 Å². The second-order valence-corrected chi connectivity index (χ2v) is 7.54. The van der Waals surface area contributed by atoms with Gasteiger partial charge in [-0.2, -0.15) is 0 Å². The van der Waals surface area contributed by atoms with Crippen molar-refractivity contribution in [2.75, 3.05) is 25.6 Å². The van der Waals surface area contributed by atoms with Gasteiger partial charge < -0.3 is 9.47 Å². The van der Waals surface area contributed by atoms with E-state index in [0.717, 1.165) is 51.7 Å². The van der Waals surface area contributed by atoms with Crippen molar-refractivity contribution in [3.8, 4) is 0 Å². The number of nitrogens with two attached hydrogens (primary N) is 1. The van der Waals surface area contributed by atoms with E-state index in [1.807, 2.05) is 0 Å². The minimum Gasteiger partial charge on any atom is -0.381 e. The number of primary sulfonamides is 1. The van der Waals surface area contributed by atoms with Gasteiger partial charge in [0, 0.05) is 18.6 Å². The molecule has 0 radical (unpaired) electrons. The molecule has 1 fully saturated rings. The van der Waals surface area contributed by atoms with E-state index in [2.05, 4.69) is 13.8 Å². The van der Waals surface area contributed by atoms with E-state index in [4.69, 9.17) is 14.6 Å². The lowest BCUT2D eigenvalue weighted by molar-refractivity contribution is -0.0616. The standard InChI is InChI=1S/C14H29NO4S/c1-3-7-14(8-4-2,12-20(15,16)17)11-19-13-5-9-18-10-6-13/h13H,3-12H2,1-2H3,(H2,15,16,17). The summed E-state index contributed by atoms with van der Waals surface area (Å²) in [6.07, 6.45) is 5.52. The van der Waals surface area contributed by atoms with Crippen molar-refractivity contribution >= 4 is 10.0 Å². The van der Waals surface area contributed by atoms with Gasteiger partial charge in [-0.15, -0.1) is 0 Å². The molecule has 0 aromatic rings. The lowest BCUT2D eigenvalue weighted by Gasteiger charge is -2.35. The molecule has 0 amide bonds. The molecule has 0 bridgehead atoms. The Balaban J connectivity index is 2.68. The molecule has 0 spiro atoms. The van der Waals surface area contributed by atoms with Gasteiger partial charge in [0.2, 0.25) is 10.0 Å². The molecular weight excluding hydrogens is 278 g/mol. The van der Waals surface area contributed by atoms with Crippen LogP contribution in [0.5, 0.6) is 0 Å². The van der Waals surface area contributed by atoms with Crippen molar-refractivity contribution < 1.29 is 17.9 Å². The number of sulfonamides is 1. The molecule has 5 nitrogen and oxygen atoms in total. The Morgan fingerprint density at radius 3 is 2.20 bits per heavy atom. The Hall–Kier alpha value is -0.170. The summed E-state index contributed by atoms with van der Waals surface area (Å²) < 4.78 is 34.4. The molecule has 0 unspecified atom stereocenters. The first-order valence-corrected chi connectivity index (χ1v) is 9.32. The second-order valence-electron chi connectivity index (χ2n) is 5.93. The van der Waals surface area contributed by atoms with Crippen LogP contribution in [-0.2, 0) is 19.5 Å². The van der Waals surface area contributed by atoms with E-state index >= 15 is 0 Å². The fourth-order valence-electron chi connectivity index (χ4n) is 3.08. The topological polar surface area (TPSA) is 78.6 Å². The Morgan fingerprint density at radius 1 is 1.20 bits per heavy atom. The third-order valence-electron chi connectivity index (χ3n) is 3.86. The molecule has 0 saturated carbocycles. The predicted molar refractivity (Wildman–Crippen MR) is 80.0 cm³/mol. The summed E-state index contributed by atoms with van der Waals surface area (Å²) in [5.41, 5.74) is -0.338. The summed E-state index contributed by atoms with van der Waals surface area (Å²) in [5.74, 6) is 0.0187. The van der Waals surface area contributed by atoms with Crippen LogP contribution in [0.2, 0.25) is 0 Å². The van der Waals surface area contributed by atoms with Crippen LogP contribution in [0, 0.1) is 5.41 Å². The maximum Gasteiger partial charge on any atom is 0.209 e. The number of hydrogen-bond donors (Lipinski definition) is 1. The van der Waals surface area contributed by atoms with Gasteiger partial charge in [-0.05, 0) is 25.7 Å². The van der Waals surface area contributed by atoms with E-state index in [9.17, 15) is 8.42 Å². The van der Waals surface area contributed by atoms with Gasteiger partial charge in [0.1, 0.15) is 0 Å². The highest BCUT2D eigenvalue weighted by molar-refractivity contribution is 7.89. The van der Waals surface area contributed by atoms with Crippen LogP contribution < -0.4 is 5.14 Å². The zero-order chi connectivity index (χ0) is 15.1. The zero-order valence-corrected chi connectivity index (χ0v) is 13.6. The molecule has 20 heavy (non-hydrogen) atoms. The van der Waals surface area contributed by atoms with Crippen molar-refractivity contribution in [3.63, 3.8) is 0 Å². The van der Waals surface area contributed by atoms with E-state index in [-0.39, 0.29) is 17.3 Å². The average Bonchev–Trinajstić information content (AvgIpc) is 2.36. The monoisotopic (exact) mass is 307 g/mol. The minimum absolute atomic E-state index is 0.0187. The van der Waals surface area contributed by atoms with Crippen LogP contribution >= 0.6 is 0 Å². The van der Waals surface area contributed by atoms with Gasteiger partial charge in [0.05, 0.1) is 18.5 Å². The molecule has 0 aliphatic carbocycles. The Kier molecular flexibility index (Phi) is 7.43. The van der Waals surface area contributed by atoms with Gasteiger partial charge in [-0.25, -0.2) is 13.6 Å². The molecule has 1 aliphatic heterocycles. The molecule has 1 heterocycles. The fraction of sp³-hybridized carbons (Fsp3) is 1.00. The van der Waals surface area contributed by atoms with Crippen molar-refractivity contribution in [2.45, 2.75) is 58.5 Å². The maximum atomic E-state index is 11.5. The quantitative estimate of drug-likeness (QED) is 0.707. The fourth-order valence-corrected chi connectivity index (χ4v) is 4.31. The highest BCUT2D eigenvalue weighted by atomic mass is 32.2. The van der Waals surface area contributed by atoms with Crippen molar-refractivity contribution in [1.29, 1.82) is 0 Å². The van der Waals surface area contributed by atoms with Crippen LogP contribution in [0.25, 0.3) is 0 Å². The number of rotatable bonds is 9. The first-order chi connectivity index (χ1) is 9.41. The van der Waals surface area contributed by atoms with Gasteiger partial charge in [-0.1, -0.05) is 26.7 Å². The van der Waals surface area contributed by atoms with Crippen LogP contribution in [-0.4, -0.2) is 40.1 Å². The maximum absolute atomic E-state index is 11.5. The molecule has 1 rings (SSSR count). The molecule has 2 N–H and O–H groups in total. The van der Waals surface area contributed by atoms with E-state index in [0.29, 0.717) is 6.61 Å². The molecule has 1 saturated heterocycles. The smallest absolute Gasteiger partial charge is 0.209 e. The van der Waals surface area contributed by atoms with Gasteiger partial charge in [0.25, 0.3) is 0 Å². The Labute approximate surface area is 123 Å². The molecule has 0 atom stereocenters. The van der Waals surface area contributed by atoms with E-state index in [1.165, 1.54) is 0 Å². The van der Waals surface area contributed by atoms with Gasteiger partial charge in [-0.3, -0.25) is 0 Å². The predicted octanol–water partition coefficient (Wildman–Crippen LogP) is 2.06. The van der Waals surface area contributed by atoms with Gasteiger partial charge >= 0.3 is 0 Å². The molecule has 6 heteroatoms. The van der Waals surface area contributed by atoms with Gasteiger partial charge in [0.15, 0.2) is 0 Å². The van der Waals surface area contributed by atoms with Crippen LogP contribution in [0.3, 0.4) is 0 Å². The first-order valence-electron chi connectivity index (χ1n) is 7.60. The Bertz CT molecular complexity index is 357. The lowest BCUT2D eigenvalue weighted by atomic mass is 9.82. The Morgan fingerprint density at radius 2 is 1.75 bits per heavy atom. The van der Waals surface area contributed by atoms with Crippen LogP contribution in [0.15, 0.2) is 0 Å². The SMILES string of the molecule is CCCC(CCC)(COC1CCOCC1)CS(N)(=O)=O. The summed E-state index contributed by atoms with van der Waals surface area (Å²) in [7, 11) is -3.48. The van der Waals surface area contributed by atoms with E-state index < -0.39 is 10.0 Å². The highest BCUT2D eigenvalue weighted by Crippen LogP contribution is 2.32. The normalized spacial score (nSPS) is 18.4. The number of hydrogen-bond acceptors (Lipinski definition) is 4. The van der Waals surface area contributed by atoms with Crippen molar-refractivity contribution in [1.82, 2.24) is 0 Å². The molecular formula is C14H29NO4S. The number of ether oxygens (including phenoxy) is 2. The van der Waals surface area contributed by atoms with E-state index in [1.54, 1.807) is 0 Å². The third-order valence-corrected chi connectivity index (χ3v) is 4.88. The highest BCUT2D eigenvalue weighted by Gasteiger charge is 2.34. The third kappa shape index (κ3) is 6.52. The summed E-state index contributed by atoms with van der Waals surface area (Å²) in [6, 6.07) is 0. The summed E-state index contributed by atoms with van der Waals surface area (Å²) >= 11 is 0. The molecule has 0 aromatic heterocycles. The first kappa shape index (κ1) is 17.9. The van der Waals surface area contributed by atoms with Crippen molar-refractivity contribution in [3.05, 3.63) is 0 Å². The average molecular weight is 307 g/mol. The summed E-state index contributed by atoms with van der Waals surface area (Å²) in [6.45, 7) is 6.09. The molecule has 0 aromatic carbocycles. The zero-order valence-electron chi connectivity index (χ0n) is 12.8. The van der Waals surface area contributed by atoms with Crippen LogP contribution in [0.4, 0.5) is 0 Å². The van der Waals surface area contributed by atoms with Crippen molar-refractivity contribution in [2.24, 2.45) is 10.6 Å². The minimum atomic E-state index is -3.48. The summed E-state index contributed by atoms with van der Waals surface area (Å²) in [5, 5.41) is 5.29.